The van der Waals surface area contributed by atoms with E-state index in [0.29, 0.717) is 12.1 Å². The van der Waals surface area contributed by atoms with Crippen LogP contribution in [0.2, 0.25) is 39.3 Å². The Kier molecular flexibility index (Phi) is 19.7. The lowest BCUT2D eigenvalue weighted by molar-refractivity contribution is -0.315. The summed E-state index contributed by atoms with van der Waals surface area (Å²) < 4.78 is 53.4. The van der Waals surface area contributed by atoms with E-state index in [1.54, 1.807) is 40.9 Å². The summed E-state index contributed by atoms with van der Waals surface area (Å²) in [6.07, 6.45) is -5.21. The lowest BCUT2D eigenvalue weighted by atomic mass is 9.73. The van der Waals surface area contributed by atoms with Crippen molar-refractivity contribution in [3.05, 3.63) is 12.7 Å². The van der Waals surface area contributed by atoms with Gasteiger partial charge in [0, 0.05) is 37.3 Å². The number of hydrogen-bond acceptors (Lipinski definition) is 15. The van der Waals surface area contributed by atoms with E-state index in [1.807, 2.05) is 48.7 Å². The monoisotopic (exact) mass is 933 g/mol. The fourth-order valence-corrected chi connectivity index (χ4v) is 12.2. The molecule has 18 atom stereocenters. The number of aliphatic hydroxyl groups excluding tert-OH is 1. The first-order valence-electron chi connectivity index (χ1n) is 23.2. The SMILES string of the molecule is C=CCO/N=C1\[C@H](C)C[C@@](C)(O)[C@H](O[C@@H]2O[C@H](C)C[C@H](N(C)C)[C@H]2O[Si](C)(C)C)[C@@H](C)[C@H](O[C@H]2C[C@@](C)(OC)[C@@H](O[Si](C)(C)C)[C@H](C)O2)[C@@H](C)C(=O)O[C@H](CC)[C@@](C)(O)[C@H](O)[C@H]1C. The Morgan fingerprint density at radius 1 is 0.889 bits per heavy atom. The summed E-state index contributed by atoms with van der Waals surface area (Å²) in [7, 11) is 1.43. The van der Waals surface area contributed by atoms with E-state index in [-0.39, 0.29) is 44.1 Å². The quantitative estimate of drug-likeness (QED) is 0.0566. The number of carbonyl (C=O) groups is 1. The number of ether oxygens (including phenoxy) is 6. The second kappa shape index (κ2) is 22.2. The molecule has 0 spiro atoms. The Bertz CT molecular complexity index is 1500. The minimum Gasteiger partial charge on any atom is -0.459 e. The molecule has 0 radical (unpaired) electrons. The highest BCUT2D eigenvalue weighted by molar-refractivity contribution is 6.70. The normalized spacial score (nSPS) is 43.6. The summed E-state index contributed by atoms with van der Waals surface area (Å²) in [6.45, 7) is 34.7. The van der Waals surface area contributed by atoms with Crippen LogP contribution in [0.3, 0.4) is 0 Å². The zero-order chi connectivity index (χ0) is 48.2. The second-order valence-corrected chi connectivity index (χ2v) is 30.5. The fourth-order valence-electron chi connectivity index (χ4n) is 9.87. The van der Waals surface area contributed by atoms with Crippen LogP contribution in [0.25, 0.3) is 0 Å². The van der Waals surface area contributed by atoms with Crippen molar-refractivity contribution in [2.45, 2.75) is 218 Å². The largest absolute Gasteiger partial charge is 0.459 e. The number of methoxy groups -OCH3 is 1. The van der Waals surface area contributed by atoms with Gasteiger partial charge in [0.05, 0.1) is 59.5 Å². The molecule has 3 rings (SSSR count). The molecule has 3 aliphatic rings. The lowest BCUT2D eigenvalue weighted by Crippen LogP contribution is -2.62. The number of likely N-dealkylation sites (N-methyl/N-ethyl adjacent to an activating group) is 1. The zero-order valence-electron chi connectivity index (χ0n) is 42.3. The summed E-state index contributed by atoms with van der Waals surface area (Å²) in [4.78, 5) is 22.4. The van der Waals surface area contributed by atoms with Gasteiger partial charge in [0.2, 0.25) is 0 Å². The second-order valence-electron chi connectivity index (χ2n) is 21.6. The van der Waals surface area contributed by atoms with Crippen molar-refractivity contribution in [1.29, 1.82) is 0 Å². The highest BCUT2D eigenvalue weighted by Crippen LogP contribution is 2.42. The van der Waals surface area contributed by atoms with Crippen molar-refractivity contribution >= 4 is 28.3 Å². The molecule has 0 amide bonds. The lowest BCUT2D eigenvalue weighted by Gasteiger charge is -2.51. The third-order valence-electron chi connectivity index (χ3n) is 13.1. The van der Waals surface area contributed by atoms with Crippen molar-refractivity contribution < 1.29 is 62.2 Å². The van der Waals surface area contributed by atoms with Crippen molar-refractivity contribution in [2.24, 2.45) is 28.8 Å². The van der Waals surface area contributed by atoms with Gasteiger partial charge in [-0.15, -0.1) is 0 Å². The van der Waals surface area contributed by atoms with Crippen LogP contribution in [0.15, 0.2) is 17.8 Å². The van der Waals surface area contributed by atoms with Crippen LogP contribution in [0.5, 0.6) is 0 Å². The molecule has 0 aromatic rings. The van der Waals surface area contributed by atoms with E-state index >= 15 is 0 Å². The summed E-state index contributed by atoms with van der Waals surface area (Å²) in [5.41, 5.74) is -4.01. The molecule has 368 valence electrons. The first-order chi connectivity index (χ1) is 28.8. The predicted molar refractivity (Wildman–Crippen MR) is 249 cm³/mol. The molecule has 0 aromatic carbocycles. The van der Waals surface area contributed by atoms with Gasteiger partial charge in [0.15, 0.2) is 29.2 Å². The predicted octanol–water partition coefficient (Wildman–Crippen LogP) is 6.49. The zero-order valence-corrected chi connectivity index (χ0v) is 44.3. The van der Waals surface area contributed by atoms with E-state index in [4.69, 9.17) is 42.1 Å². The van der Waals surface area contributed by atoms with Crippen molar-refractivity contribution in [1.82, 2.24) is 4.90 Å². The number of rotatable bonds is 14. The summed E-state index contributed by atoms with van der Waals surface area (Å²) in [5, 5.41) is 41.6. The molecule has 3 heterocycles. The van der Waals surface area contributed by atoms with E-state index in [1.165, 1.54) is 6.92 Å². The van der Waals surface area contributed by atoms with Crippen molar-refractivity contribution in [3.63, 3.8) is 0 Å². The maximum atomic E-state index is 14.6. The summed E-state index contributed by atoms with van der Waals surface area (Å²) in [5.74, 6) is -3.74. The Morgan fingerprint density at radius 2 is 1.49 bits per heavy atom. The molecule has 0 aromatic heterocycles. The maximum Gasteiger partial charge on any atom is 0.311 e. The molecular weight excluding hydrogens is 845 g/mol. The van der Waals surface area contributed by atoms with E-state index < -0.39 is 112 Å². The topological polar surface area (TPSA) is 176 Å². The molecule has 3 N–H and O–H groups in total. The molecule has 0 bridgehead atoms. The van der Waals surface area contributed by atoms with Gasteiger partial charge < -0.3 is 62.3 Å². The summed E-state index contributed by atoms with van der Waals surface area (Å²) >= 11 is 0. The number of esters is 1. The molecule has 0 saturated carbocycles. The Hall–Kier alpha value is -1.33. The van der Waals surface area contributed by atoms with Gasteiger partial charge in [0.25, 0.3) is 0 Å². The van der Waals surface area contributed by atoms with Crippen LogP contribution < -0.4 is 0 Å². The van der Waals surface area contributed by atoms with Crippen molar-refractivity contribution in [2.75, 3.05) is 27.8 Å². The average molecular weight is 933 g/mol. The van der Waals surface area contributed by atoms with Crippen LogP contribution in [0.1, 0.15) is 94.9 Å². The van der Waals surface area contributed by atoms with Crippen LogP contribution in [-0.4, -0.2) is 161 Å². The number of cyclic esters (lactones) is 1. The Balaban J connectivity index is 2.32. The standard InChI is InChI=1S/C46H88N2O13Si2/c1-21-23-54-47-36-27(3)25-44(9,51)40(59-43-38(60-62(15,16)17)33(48(12)13)24-28(4)55-43)30(6)37(31(7)42(50)57-34(22-2)46(11,52)39(49)29(36)5)58-35-26-45(10,53-14)41(32(8)56-35)61-63(18,19)20/h21,27-35,37-41,43,49,51-52H,1,22-26H2,2-20H3/b47-36+/t27-,28-,29+,30+,31-,32+,33+,34-,35+,37+,38-,39-,40-,41+,43+,44-,45-,46-/m1/s1. The van der Waals surface area contributed by atoms with E-state index in [9.17, 15) is 20.1 Å². The smallest absolute Gasteiger partial charge is 0.311 e. The van der Waals surface area contributed by atoms with Crippen LogP contribution in [-0.2, 0) is 46.9 Å². The van der Waals surface area contributed by atoms with Crippen molar-refractivity contribution in [3.8, 4) is 0 Å². The number of hydrogen-bond donors (Lipinski definition) is 3. The molecule has 0 aliphatic carbocycles. The maximum absolute atomic E-state index is 14.6. The first-order valence-corrected chi connectivity index (χ1v) is 30.0. The van der Waals surface area contributed by atoms with Gasteiger partial charge in [-0.3, -0.25) is 4.79 Å². The Labute approximate surface area is 382 Å². The molecule has 3 aliphatic heterocycles. The molecule has 17 heteroatoms. The Morgan fingerprint density at radius 3 is 2.02 bits per heavy atom. The van der Waals surface area contributed by atoms with Crippen LogP contribution in [0.4, 0.5) is 0 Å². The third-order valence-corrected chi connectivity index (χ3v) is 15.1. The molecular formula is C46H88N2O13Si2. The van der Waals surface area contributed by atoms with Crippen LogP contribution >= 0.6 is 0 Å². The van der Waals surface area contributed by atoms with Gasteiger partial charge in [-0.1, -0.05) is 45.5 Å². The van der Waals surface area contributed by atoms with E-state index in [2.05, 4.69) is 55.9 Å². The molecule has 0 unspecified atom stereocenters. The molecule has 63 heavy (non-hydrogen) atoms. The first kappa shape index (κ1) is 56.0. The highest BCUT2D eigenvalue weighted by Gasteiger charge is 2.54. The molecule has 3 saturated heterocycles. The van der Waals surface area contributed by atoms with Crippen LogP contribution in [0, 0.1) is 23.7 Å². The number of oxime groups is 1. The average Bonchev–Trinajstić information content (AvgIpc) is 3.16. The van der Waals surface area contributed by atoms with Gasteiger partial charge in [-0.25, -0.2) is 0 Å². The van der Waals surface area contributed by atoms with Gasteiger partial charge in [0.1, 0.15) is 24.4 Å². The minimum absolute atomic E-state index is 0.0631. The number of carbonyl (C=O) groups excluding carboxylic acids is 1. The van der Waals surface area contributed by atoms with Gasteiger partial charge in [-0.05, 0) is 114 Å². The van der Waals surface area contributed by atoms with Gasteiger partial charge in [-0.2, -0.15) is 0 Å². The number of aliphatic hydroxyl groups is 3. The summed E-state index contributed by atoms with van der Waals surface area (Å²) in [6, 6.07) is -0.0684. The van der Waals surface area contributed by atoms with Gasteiger partial charge >= 0.3 is 5.97 Å². The minimum atomic E-state index is -2.20. The number of nitrogens with zero attached hydrogens (tertiary/aromatic N) is 2. The fraction of sp³-hybridized carbons (Fsp3) is 0.913. The molecule has 3 fully saturated rings. The van der Waals surface area contributed by atoms with E-state index in [0.717, 1.165) is 0 Å². The highest BCUT2D eigenvalue weighted by atomic mass is 28.4. The molecule has 15 nitrogen and oxygen atoms in total. The third kappa shape index (κ3) is 14.3.